The van der Waals surface area contributed by atoms with E-state index in [1.165, 1.54) is 12.1 Å². The summed E-state index contributed by atoms with van der Waals surface area (Å²) in [4.78, 5) is -0.156. The molecular formula is C14H17BrF2O. The van der Waals surface area contributed by atoms with Gasteiger partial charge in [-0.05, 0) is 50.3 Å². The fourth-order valence-electron chi connectivity index (χ4n) is 2.26. The molecule has 1 aliphatic rings. The molecule has 2 rings (SSSR count). The molecule has 0 amide bonds. The minimum atomic E-state index is -0.354. The Hall–Kier alpha value is -0.480. The van der Waals surface area contributed by atoms with Crippen LogP contribution in [-0.2, 0) is 4.74 Å². The Labute approximate surface area is 115 Å². The van der Waals surface area contributed by atoms with E-state index in [0.29, 0.717) is 11.1 Å². The van der Waals surface area contributed by atoms with Crippen LogP contribution in [0.1, 0.15) is 41.6 Å². The van der Waals surface area contributed by atoms with Gasteiger partial charge < -0.3 is 4.74 Å². The van der Waals surface area contributed by atoms with Crippen molar-refractivity contribution in [3.63, 3.8) is 0 Å². The van der Waals surface area contributed by atoms with Gasteiger partial charge in [0, 0.05) is 17.0 Å². The average molecular weight is 319 g/mol. The lowest BCUT2D eigenvalue weighted by Crippen LogP contribution is -2.07. The van der Waals surface area contributed by atoms with Crippen LogP contribution in [0, 0.1) is 18.6 Å². The molecule has 1 nitrogen and oxygen atoms in total. The number of alkyl halides is 1. The van der Waals surface area contributed by atoms with E-state index >= 15 is 0 Å². The molecule has 18 heavy (non-hydrogen) atoms. The van der Waals surface area contributed by atoms with Crippen LogP contribution in [0.5, 0.6) is 0 Å². The van der Waals surface area contributed by atoms with Crippen LogP contribution in [0.3, 0.4) is 0 Å². The molecule has 1 heterocycles. The van der Waals surface area contributed by atoms with Crippen LogP contribution in [0.25, 0.3) is 0 Å². The topological polar surface area (TPSA) is 9.23 Å². The molecule has 0 radical (unpaired) electrons. The van der Waals surface area contributed by atoms with Gasteiger partial charge in [-0.15, -0.1) is 0 Å². The second kappa shape index (κ2) is 6.11. The highest BCUT2D eigenvalue weighted by atomic mass is 79.9. The highest BCUT2D eigenvalue weighted by molar-refractivity contribution is 9.09. The van der Waals surface area contributed by atoms with Crippen LogP contribution in [-0.4, -0.2) is 12.7 Å². The zero-order valence-corrected chi connectivity index (χ0v) is 12.0. The molecule has 0 N–H and O–H groups in total. The molecule has 2 unspecified atom stereocenters. The first-order valence-corrected chi connectivity index (χ1v) is 7.20. The minimum absolute atomic E-state index is 0.156. The number of rotatable bonds is 4. The maximum Gasteiger partial charge on any atom is 0.128 e. The maximum atomic E-state index is 13.8. The Balaban J connectivity index is 1.99. The predicted molar refractivity (Wildman–Crippen MR) is 71.0 cm³/mol. The molecule has 0 aliphatic carbocycles. The summed E-state index contributed by atoms with van der Waals surface area (Å²) in [6, 6.07) is 2.55. The number of benzene rings is 1. The summed E-state index contributed by atoms with van der Waals surface area (Å²) < 4.78 is 32.7. The van der Waals surface area contributed by atoms with Crippen molar-refractivity contribution in [1.82, 2.24) is 0 Å². The van der Waals surface area contributed by atoms with Crippen LogP contribution in [0.2, 0.25) is 0 Å². The molecular weight excluding hydrogens is 302 g/mol. The summed E-state index contributed by atoms with van der Waals surface area (Å²) in [5.41, 5.74) is 0.742. The molecule has 1 aliphatic heterocycles. The lowest BCUT2D eigenvalue weighted by Gasteiger charge is -2.15. The molecule has 1 aromatic carbocycles. The minimum Gasteiger partial charge on any atom is -0.378 e. The Morgan fingerprint density at radius 3 is 2.83 bits per heavy atom. The molecule has 1 aromatic rings. The molecule has 4 heteroatoms. The Bertz CT molecular complexity index is 417. The van der Waals surface area contributed by atoms with E-state index in [2.05, 4.69) is 15.9 Å². The number of hydrogen-bond donors (Lipinski definition) is 0. The summed E-state index contributed by atoms with van der Waals surface area (Å²) >= 11 is 3.44. The second-order valence-electron chi connectivity index (χ2n) is 4.80. The van der Waals surface area contributed by atoms with Crippen molar-refractivity contribution in [3.8, 4) is 0 Å². The number of aryl methyl sites for hydroxylation is 1. The molecule has 0 aromatic heterocycles. The lowest BCUT2D eigenvalue weighted by atomic mass is 10.0. The molecule has 100 valence electrons. The van der Waals surface area contributed by atoms with E-state index in [-0.39, 0.29) is 22.6 Å². The molecule has 0 saturated carbocycles. The van der Waals surface area contributed by atoms with Crippen LogP contribution in [0.15, 0.2) is 12.1 Å². The van der Waals surface area contributed by atoms with Gasteiger partial charge in [-0.2, -0.15) is 0 Å². The Kier molecular flexibility index (Phi) is 4.73. The summed E-state index contributed by atoms with van der Waals surface area (Å²) in [5, 5.41) is 0. The van der Waals surface area contributed by atoms with E-state index in [9.17, 15) is 8.78 Å². The van der Waals surface area contributed by atoms with E-state index in [1.54, 1.807) is 6.92 Å². The third-order valence-corrected chi connectivity index (χ3v) is 4.33. The molecule has 1 fully saturated rings. The summed E-state index contributed by atoms with van der Waals surface area (Å²) in [5.74, 6) is -0.698. The monoisotopic (exact) mass is 318 g/mol. The van der Waals surface area contributed by atoms with E-state index in [0.717, 1.165) is 32.3 Å². The zero-order chi connectivity index (χ0) is 13.1. The first-order valence-electron chi connectivity index (χ1n) is 6.29. The first kappa shape index (κ1) is 13.9. The van der Waals surface area contributed by atoms with Gasteiger partial charge in [-0.25, -0.2) is 8.78 Å². The van der Waals surface area contributed by atoms with Gasteiger partial charge in [-0.3, -0.25) is 0 Å². The van der Waals surface area contributed by atoms with Crippen LogP contribution < -0.4 is 0 Å². The largest absolute Gasteiger partial charge is 0.378 e. The fourth-order valence-corrected chi connectivity index (χ4v) is 2.88. The van der Waals surface area contributed by atoms with Gasteiger partial charge in [0.15, 0.2) is 0 Å². The van der Waals surface area contributed by atoms with Crippen molar-refractivity contribution in [2.24, 2.45) is 0 Å². The predicted octanol–water partition coefficient (Wildman–Crippen LogP) is 4.67. The quantitative estimate of drug-likeness (QED) is 0.733. The lowest BCUT2D eigenvalue weighted by molar-refractivity contribution is 0.102. The average Bonchev–Trinajstić information content (AvgIpc) is 2.84. The van der Waals surface area contributed by atoms with E-state index in [1.807, 2.05) is 0 Å². The van der Waals surface area contributed by atoms with Crippen LogP contribution in [0.4, 0.5) is 8.78 Å². The number of halogens is 3. The number of ether oxygens (including phenoxy) is 1. The SMILES string of the molecule is Cc1cc(F)c(C(Br)CCC2CCCO2)cc1F. The standard InChI is InChI=1S/C14H17BrF2O/c1-9-7-14(17)11(8-13(9)16)12(15)5-4-10-3-2-6-18-10/h7-8,10,12H,2-6H2,1H3. The molecule has 1 saturated heterocycles. The van der Waals surface area contributed by atoms with Gasteiger partial charge in [0.25, 0.3) is 0 Å². The first-order chi connectivity index (χ1) is 8.58. The molecule has 0 spiro atoms. The maximum absolute atomic E-state index is 13.8. The van der Waals surface area contributed by atoms with Crippen molar-refractivity contribution < 1.29 is 13.5 Å². The van der Waals surface area contributed by atoms with Gasteiger partial charge >= 0.3 is 0 Å². The Morgan fingerprint density at radius 2 is 2.17 bits per heavy atom. The Morgan fingerprint density at radius 1 is 1.39 bits per heavy atom. The third-order valence-electron chi connectivity index (χ3n) is 3.38. The van der Waals surface area contributed by atoms with Crippen molar-refractivity contribution in [1.29, 1.82) is 0 Å². The number of hydrogen-bond acceptors (Lipinski definition) is 1. The summed E-state index contributed by atoms with van der Waals surface area (Å²) in [6.07, 6.45) is 4.09. The molecule has 0 bridgehead atoms. The van der Waals surface area contributed by atoms with Crippen molar-refractivity contribution >= 4 is 15.9 Å². The normalized spacial score (nSPS) is 21.2. The molecule has 2 atom stereocenters. The smallest absolute Gasteiger partial charge is 0.128 e. The summed E-state index contributed by atoms with van der Waals surface area (Å²) in [6.45, 7) is 2.39. The third kappa shape index (κ3) is 3.29. The van der Waals surface area contributed by atoms with Crippen LogP contribution >= 0.6 is 15.9 Å². The van der Waals surface area contributed by atoms with E-state index < -0.39 is 0 Å². The zero-order valence-electron chi connectivity index (χ0n) is 10.4. The van der Waals surface area contributed by atoms with Gasteiger partial charge in [0.2, 0.25) is 0 Å². The highest BCUT2D eigenvalue weighted by Gasteiger charge is 2.20. The van der Waals surface area contributed by atoms with Crippen molar-refractivity contribution in [2.45, 2.75) is 43.5 Å². The second-order valence-corrected chi connectivity index (χ2v) is 5.91. The highest BCUT2D eigenvalue weighted by Crippen LogP contribution is 2.33. The van der Waals surface area contributed by atoms with Gasteiger partial charge in [-0.1, -0.05) is 15.9 Å². The summed E-state index contributed by atoms with van der Waals surface area (Å²) in [7, 11) is 0. The fraction of sp³-hybridized carbons (Fsp3) is 0.571. The van der Waals surface area contributed by atoms with Crippen molar-refractivity contribution in [3.05, 3.63) is 34.9 Å². The van der Waals surface area contributed by atoms with Gasteiger partial charge in [0.05, 0.1) is 6.10 Å². The van der Waals surface area contributed by atoms with Crippen molar-refractivity contribution in [2.75, 3.05) is 6.61 Å². The van der Waals surface area contributed by atoms with Gasteiger partial charge in [0.1, 0.15) is 11.6 Å². The van der Waals surface area contributed by atoms with E-state index in [4.69, 9.17) is 4.74 Å².